The van der Waals surface area contributed by atoms with E-state index < -0.39 is 13.4 Å². The van der Waals surface area contributed by atoms with E-state index in [1.54, 1.807) is 0 Å². The molecule has 0 radical (unpaired) electrons. The largest absolute Gasteiger partial charge is 0.499 e. The highest BCUT2D eigenvalue weighted by molar-refractivity contribution is 6.57. The Bertz CT molecular complexity index is 281. The van der Waals surface area contributed by atoms with Crippen LogP contribution < -0.4 is 0 Å². The summed E-state index contributed by atoms with van der Waals surface area (Å²) >= 11 is 0. The van der Waals surface area contributed by atoms with E-state index in [9.17, 15) is 12.9 Å². The maximum absolute atomic E-state index is 11.9. The van der Waals surface area contributed by atoms with Crippen LogP contribution in [0.5, 0.6) is 0 Å². The molecule has 0 aliphatic carbocycles. The highest BCUT2D eigenvalue weighted by atomic mass is 19.4. The van der Waals surface area contributed by atoms with E-state index in [2.05, 4.69) is 10.1 Å². The minimum Gasteiger partial charge on any atom is -0.448 e. The van der Waals surface area contributed by atoms with E-state index >= 15 is 0 Å². The van der Waals surface area contributed by atoms with E-state index in [4.69, 9.17) is 0 Å². The van der Waals surface area contributed by atoms with E-state index in [0.717, 1.165) is 11.0 Å². The van der Waals surface area contributed by atoms with Gasteiger partial charge in [-0.1, -0.05) is 13.8 Å². The van der Waals surface area contributed by atoms with Crippen molar-refractivity contribution in [1.29, 1.82) is 0 Å². The summed E-state index contributed by atoms with van der Waals surface area (Å²) in [5.41, 5.74) is 0. The lowest BCUT2D eigenvalue weighted by Gasteiger charge is -2.12. The topological polar surface area (TPSA) is 30.7 Å². The molecule has 0 aromatic carbocycles. The predicted molar refractivity (Wildman–Crippen MR) is 43.2 cm³/mol. The fourth-order valence-corrected chi connectivity index (χ4v) is 0.874. The zero-order valence-corrected chi connectivity index (χ0v) is 7.41. The van der Waals surface area contributed by atoms with Crippen LogP contribution in [0.25, 0.3) is 0 Å². The van der Waals surface area contributed by atoms with Crippen LogP contribution in [0.2, 0.25) is 0 Å². The third-order valence-electron chi connectivity index (χ3n) is 1.46. The highest BCUT2D eigenvalue weighted by Crippen LogP contribution is 2.12. The van der Waals surface area contributed by atoms with Gasteiger partial charge in [-0.25, -0.2) is 4.98 Å². The number of rotatable bonds is 3. The molecule has 0 aliphatic heterocycles. The predicted octanol–water partition coefficient (Wildman–Crippen LogP) is 1.79. The maximum atomic E-state index is 11.9. The van der Waals surface area contributed by atoms with Crippen LogP contribution in [0.1, 0.15) is 25.6 Å². The first-order valence-corrected chi connectivity index (χ1v) is 3.99. The number of halogens is 3. The quantitative estimate of drug-likeness (QED) is 0.683. The fourth-order valence-electron chi connectivity index (χ4n) is 0.874. The molecule has 1 rings (SSSR count). The summed E-state index contributed by atoms with van der Waals surface area (Å²) in [4.78, 5) is 3.76. The van der Waals surface area contributed by atoms with Crippen molar-refractivity contribution in [3.8, 4) is 0 Å². The van der Waals surface area contributed by atoms with E-state index in [-0.39, 0.29) is 5.92 Å². The van der Waals surface area contributed by atoms with E-state index in [1.165, 1.54) is 0 Å². The molecule has 0 bridgehead atoms. The van der Waals surface area contributed by atoms with Crippen LogP contribution in [0, 0.1) is 0 Å². The number of nitrogens with zero attached hydrogens (tertiary/aromatic N) is 3. The zero-order valence-electron chi connectivity index (χ0n) is 7.41. The van der Waals surface area contributed by atoms with Crippen molar-refractivity contribution in [2.45, 2.75) is 26.2 Å². The minimum absolute atomic E-state index is 0.0574. The highest BCUT2D eigenvalue weighted by Gasteiger charge is 2.24. The van der Waals surface area contributed by atoms with Crippen LogP contribution in [-0.4, -0.2) is 21.7 Å². The standard InChI is InChI=1S/C6H10BF3N3/c1-5(2)6-11-4-13(12-6)3-7(8,9)10/h4-5H,3H2,1-2H3/q-1. The second kappa shape index (κ2) is 3.39. The lowest BCUT2D eigenvalue weighted by Crippen LogP contribution is -2.24. The molecule has 0 unspecified atom stereocenters. The van der Waals surface area contributed by atoms with Crippen molar-refractivity contribution in [2.75, 3.05) is 0 Å². The van der Waals surface area contributed by atoms with Crippen molar-refractivity contribution < 1.29 is 12.9 Å². The molecule has 0 saturated heterocycles. The summed E-state index contributed by atoms with van der Waals surface area (Å²) in [7, 11) is 0. The molecule has 0 atom stereocenters. The first-order valence-electron chi connectivity index (χ1n) is 3.99. The number of hydrogen-bond acceptors (Lipinski definition) is 2. The molecule has 0 amide bonds. The Labute approximate surface area is 74.0 Å². The van der Waals surface area contributed by atoms with Gasteiger partial charge in [0.15, 0.2) is 5.82 Å². The van der Waals surface area contributed by atoms with Gasteiger partial charge < -0.3 is 12.9 Å². The Kier molecular flexibility index (Phi) is 2.63. The summed E-state index contributed by atoms with van der Waals surface area (Å²) in [6, 6.07) is 0. The van der Waals surface area contributed by atoms with Gasteiger partial charge >= 0.3 is 6.98 Å². The second-order valence-corrected chi connectivity index (χ2v) is 3.19. The lowest BCUT2D eigenvalue weighted by atomic mass is 9.93. The Morgan fingerprint density at radius 2 is 2.08 bits per heavy atom. The SMILES string of the molecule is CC(C)c1ncn(C[B-](F)(F)F)n1. The molecule has 7 heteroatoms. The third kappa shape index (κ3) is 3.08. The smallest absolute Gasteiger partial charge is 0.448 e. The molecule has 0 aliphatic rings. The Hall–Kier alpha value is -1.01. The summed E-state index contributed by atoms with van der Waals surface area (Å²) < 4.78 is 36.6. The molecule has 1 heterocycles. The van der Waals surface area contributed by atoms with Crippen molar-refractivity contribution in [1.82, 2.24) is 14.8 Å². The normalized spacial score (nSPS) is 12.5. The van der Waals surface area contributed by atoms with Crippen LogP contribution in [0.15, 0.2) is 6.33 Å². The number of aromatic nitrogens is 3. The van der Waals surface area contributed by atoms with Gasteiger partial charge in [-0.2, -0.15) is 5.10 Å². The molecule has 13 heavy (non-hydrogen) atoms. The van der Waals surface area contributed by atoms with Crippen LogP contribution in [-0.2, 0) is 6.44 Å². The van der Waals surface area contributed by atoms with Gasteiger partial charge in [0.2, 0.25) is 0 Å². The van der Waals surface area contributed by atoms with Crippen LogP contribution >= 0.6 is 0 Å². The van der Waals surface area contributed by atoms with E-state index in [0.29, 0.717) is 5.82 Å². The Morgan fingerprint density at radius 1 is 1.46 bits per heavy atom. The average Bonchev–Trinajstić information content (AvgIpc) is 2.31. The van der Waals surface area contributed by atoms with E-state index in [1.807, 2.05) is 13.8 Å². The third-order valence-corrected chi connectivity index (χ3v) is 1.46. The van der Waals surface area contributed by atoms with Crippen molar-refractivity contribution in [3.63, 3.8) is 0 Å². The van der Waals surface area contributed by atoms with Gasteiger partial charge in [0.1, 0.15) is 6.33 Å². The average molecular weight is 192 g/mol. The minimum atomic E-state index is -4.83. The van der Waals surface area contributed by atoms with Gasteiger partial charge in [0.25, 0.3) is 0 Å². The van der Waals surface area contributed by atoms with Crippen molar-refractivity contribution in [3.05, 3.63) is 12.2 Å². The van der Waals surface area contributed by atoms with Crippen molar-refractivity contribution in [2.24, 2.45) is 0 Å². The first kappa shape index (κ1) is 10.1. The Morgan fingerprint density at radius 3 is 2.46 bits per heavy atom. The Balaban J connectivity index is 2.70. The molecule has 0 spiro atoms. The fraction of sp³-hybridized carbons (Fsp3) is 0.667. The molecule has 0 N–H and O–H groups in total. The van der Waals surface area contributed by atoms with Gasteiger partial charge in [0.05, 0.1) is 0 Å². The van der Waals surface area contributed by atoms with Crippen LogP contribution in [0.4, 0.5) is 12.9 Å². The molecular weight excluding hydrogens is 182 g/mol. The molecule has 0 saturated carbocycles. The summed E-state index contributed by atoms with van der Waals surface area (Å²) in [5.74, 6) is 0.502. The first-order chi connectivity index (χ1) is 5.88. The second-order valence-electron chi connectivity index (χ2n) is 3.19. The molecular formula is C6H10BF3N3-. The van der Waals surface area contributed by atoms with Crippen LogP contribution in [0.3, 0.4) is 0 Å². The molecule has 1 aromatic heterocycles. The summed E-state index contributed by atoms with van der Waals surface area (Å²) in [6.07, 6.45) is 0.101. The maximum Gasteiger partial charge on any atom is 0.499 e. The monoisotopic (exact) mass is 192 g/mol. The number of hydrogen-bond donors (Lipinski definition) is 0. The zero-order chi connectivity index (χ0) is 10.1. The van der Waals surface area contributed by atoms with Gasteiger partial charge in [0, 0.05) is 12.4 Å². The van der Waals surface area contributed by atoms with Crippen molar-refractivity contribution >= 4 is 6.98 Å². The molecule has 0 fully saturated rings. The summed E-state index contributed by atoms with van der Waals surface area (Å²) in [6.45, 7) is -1.17. The molecule has 1 aromatic rings. The summed E-state index contributed by atoms with van der Waals surface area (Å²) in [5, 5.41) is 3.70. The molecule has 3 nitrogen and oxygen atoms in total. The van der Waals surface area contributed by atoms with Gasteiger partial charge in [-0.15, -0.1) is 0 Å². The molecule has 74 valence electrons. The van der Waals surface area contributed by atoms with Gasteiger partial charge in [-0.3, -0.25) is 4.68 Å². The van der Waals surface area contributed by atoms with Gasteiger partial charge in [-0.05, 0) is 0 Å². The lowest BCUT2D eigenvalue weighted by molar-refractivity contribution is 0.434.